The van der Waals surface area contributed by atoms with Gasteiger partial charge in [-0.25, -0.2) is 13.1 Å². The van der Waals surface area contributed by atoms with Crippen LogP contribution in [0.15, 0.2) is 47.6 Å². The Morgan fingerprint density at radius 2 is 2.00 bits per heavy atom. The van der Waals surface area contributed by atoms with Crippen LogP contribution in [-0.4, -0.2) is 41.1 Å². The maximum atomic E-state index is 12.4. The average molecular weight is 363 g/mol. The maximum Gasteiger partial charge on any atom is 0.252 e. The molecule has 0 unspecified atom stereocenters. The molecule has 0 radical (unpaired) electrons. The highest BCUT2D eigenvalue weighted by molar-refractivity contribution is 7.89. The topological polar surface area (TPSA) is 114 Å². The molecule has 10 heteroatoms. The van der Waals surface area contributed by atoms with Gasteiger partial charge in [0.1, 0.15) is 15.9 Å². The summed E-state index contributed by atoms with van der Waals surface area (Å²) < 4.78 is 35.2. The highest BCUT2D eigenvalue weighted by atomic mass is 32.2. The first kappa shape index (κ1) is 16.4. The van der Waals surface area contributed by atoms with E-state index in [1.54, 1.807) is 30.5 Å². The number of hydrogen-bond donors (Lipinski definition) is 2. The molecule has 0 atom stereocenters. The SMILES string of the molecule is O=C(NCCNS(=O)(=O)c1cccc2nsnc12)c1cccnc1. The van der Waals surface area contributed by atoms with Gasteiger partial charge in [-0.15, -0.1) is 0 Å². The van der Waals surface area contributed by atoms with Gasteiger partial charge in [0.25, 0.3) is 5.91 Å². The summed E-state index contributed by atoms with van der Waals surface area (Å²) in [5.74, 6) is -0.312. The number of benzene rings is 1. The minimum Gasteiger partial charge on any atom is -0.351 e. The molecule has 0 saturated carbocycles. The van der Waals surface area contributed by atoms with Crippen LogP contribution in [0.3, 0.4) is 0 Å². The Hall–Kier alpha value is -2.43. The first-order chi connectivity index (χ1) is 11.6. The molecule has 0 aliphatic rings. The second kappa shape index (κ2) is 6.99. The quantitative estimate of drug-likeness (QED) is 0.626. The molecule has 124 valence electrons. The van der Waals surface area contributed by atoms with Crippen LogP contribution in [0.4, 0.5) is 0 Å². The molecular weight excluding hydrogens is 350 g/mol. The van der Waals surface area contributed by atoms with E-state index in [9.17, 15) is 13.2 Å². The standard InChI is InChI=1S/C14H13N5O3S2/c20-14(10-3-2-6-15-9-10)16-7-8-17-24(21,22)12-5-1-4-11-13(12)19-23-18-11/h1-6,9,17H,7-8H2,(H,16,20). The highest BCUT2D eigenvalue weighted by Gasteiger charge is 2.19. The van der Waals surface area contributed by atoms with Crippen LogP contribution in [0.2, 0.25) is 0 Å². The number of aromatic nitrogens is 3. The van der Waals surface area contributed by atoms with Gasteiger partial charge in [-0.2, -0.15) is 8.75 Å². The Labute approximate surface area is 142 Å². The van der Waals surface area contributed by atoms with Crippen LogP contribution < -0.4 is 10.0 Å². The van der Waals surface area contributed by atoms with Crippen molar-refractivity contribution in [2.24, 2.45) is 0 Å². The molecular formula is C14H13N5O3S2. The van der Waals surface area contributed by atoms with Crippen molar-refractivity contribution in [3.05, 3.63) is 48.3 Å². The Balaban J connectivity index is 1.60. The molecule has 0 spiro atoms. The number of sulfonamides is 1. The van der Waals surface area contributed by atoms with Crippen LogP contribution in [0, 0.1) is 0 Å². The molecule has 3 rings (SSSR count). The molecule has 3 aromatic rings. The molecule has 0 aliphatic carbocycles. The van der Waals surface area contributed by atoms with E-state index in [0.717, 1.165) is 11.7 Å². The van der Waals surface area contributed by atoms with Gasteiger partial charge in [-0.1, -0.05) is 6.07 Å². The number of nitrogens with one attached hydrogen (secondary N) is 2. The lowest BCUT2D eigenvalue weighted by Crippen LogP contribution is -2.34. The van der Waals surface area contributed by atoms with E-state index >= 15 is 0 Å². The smallest absolute Gasteiger partial charge is 0.252 e. The Kier molecular flexibility index (Phi) is 4.79. The molecule has 1 amide bonds. The largest absolute Gasteiger partial charge is 0.351 e. The van der Waals surface area contributed by atoms with E-state index in [-0.39, 0.29) is 23.9 Å². The number of rotatable bonds is 6. The van der Waals surface area contributed by atoms with Gasteiger partial charge in [0.2, 0.25) is 10.0 Å². The van der Waals surface area contributed by atoms with Crippen LogP contribution >= 0.6 is 11.7 Å². The molecule has 2 N–H and O–H groups in total. The fourth-order valence-corrected chi connectivity index (χ4v) is 3.83. The third-order valence-corrected chi connectivity index (χ3v) is 5.20. The summed E-state index contributed by atoms with van der Waals surface area (Å²) in [7, 11) is -3.73. The van der Waals surface area contributed by atoms with Gasteiger partial charge in [0, 0.05) is 25.5 Å². The summed E-state index contributed by atoms with van der Waals surface area (Å²) in [5.41, 5.74) is 1.29. The summed E-state index contributed by atoms with van der Waals surface area (Å²) in [6, 6.07) is 8.07. The number of carbonyl (C=O) groups excluding carboxylic acids is 1. The fourth-order valence-electron chi connectivity index (χ4n) is 2.04. The van der Waals surface area contributed by atoms with Gasteiger partial charge in [0.15, 0.2) is 0 Å². The minimum atomic E-state index is -3.73. The summed E-state index contributed by atoms with van der Waals surface area (Å²) in [6.07, 6.45) is 3.01. The maximum absolute atomic E-state index is 12.4. The summed E-state index contributed by atoms with van der Waals surface area (Å²) in [4.78, 5) is 15.8. The molecule has 0 fully saturated rings. The lowest BCUT2D eigenvalue weighted by molar-refractivity contribution is 0.0954. The first-order valence-electron chi connectivity index (χ1n) is 6.97. The molecule has 0 saturated heterocycles. The van der Waals surface area contributed by atoms with Gasteiger partial charge < -0.3 is 5.32 Å². The van der Waals surface area contributed by atoms with Crippen molar-refractivity contribution in [3.63, 3.8) is 0 Å². The number of nitrogens with zero attached hydrogens (tertiary/aromatic N) is 3. The lowest BCUT2D eigenvalue weighted by Gasteiger charge is -2.08. The normalized spacial score (nSPS) is 11.5. The van der Waals surface area contributed by atoms with Gasteiger partial charge >= 0.3 is 0 Å². The van der Waals surface area contributed by atoms with E-state index in [4.69, 9.17) is 0 Å². The zero-order valence-electron chi connectivity index (χ0n) is 12.3. The summed E-state index contributed by atoms with van der Waals surface area (Å²) in [6.45, 7) is 0.209. The van der Waals surface area contributed by atoms with Gasteiger partial charge in [-0.3, -0.25) is 9.78 Å². The average Bonchev–Trinajstić information content (AvgIpc) is 3.08. The summed E-state index contributed by atoms with van der Waals surface area (Å²) in [5, 5.41) is 2.62. The zero-order chi connectivity index (χ0) is 17.0. The number of hydrogen-bond acceptors (Lipinski definition) is 7. The monoisotopic (exact) mass is 363 g/mol. The van der Waals surface area contributed by atoms with E-state index in [1.807, 2.05) is 0 Å². The van der Waals surface area contributed by atoms with Crippen molar-refractivity contribution in [1.82, 2.24) is 23.8 Å². The predicted octanol–water partition coefficient (Wildman–Crippen LogP) is 0.795. The molecule has 0 aliphatic heterocycles. The van der Waals surface area contributed by atoms with Gasteiger partial charge in [-0.05, 0) is 24.3 Å². The molecule has 0 bridgehead atoms. The summed E-state index contributed by atoms with van der Waals surface area (Å²) >= 11 is 0.958. The number of amides is 1. The number of fused-ring (bicyclic) bond motifs is 1. The molecule has 1 aromatic carbocycles. The lowest BCUT2D eigenvalue weighted by atomic mass is 10.3. The minimum absolute atomic E-state index is 0.0578. The van der Waals surface area contributed by atoms with Crippen LogP contribution in [0.5, 0.6) is 0 Å². The third-order valence-electron chi connectivity index (χ3n) is 3.16. The van der Waals surface area contributed by atoms with Crippen molar-refractivity contribution in [2.75, 3.05) is 13.1 Å². The fraction of sp³-hybridized carbons (Fsp3) is 0.143. The van der Waals surface area contributed by atoms with E-state index < -0.39 is 10.0 Å². The van der Waals surface area contributed by atoms with Crippen molar-refractivity contribution >= 4 is 38.7 Å². The Morgan fingerprint density at radius 1 is 1.12 bits per heavy atom. The van der Waals surface area contributed by atoms with Crippen LogP contribution in [-0.2, 0) is 10.0 Å². The molecule has 24 heavy (non-hydrogen) atoms. The van der Waals surface area contributed by atoms with Crippen LogP contribution in [0.1, 0.15) is 10.4 Å². The van der Waals surface area contributed by atoms with Crippen molar-refractivity contribution in [3.8, 4) is 0 Å². The molecule has 8 nitrogen and oxygen atoms in total. The Bertz CT molecular complexity index is 957. The van der Waals surface area contributed by atoms with Crippen molar-refractivity contribution in [1.29, 1.82) is 0 Å². The second-order valence-corrected chi connectivity index (χ2v) is 7.05. The predicted molar refractivity (Wildman–Crippen MR) is 89.2 cm³/mol. The second-order valence-electron chi connectivity index (χ2n) is 4.78. The molecule has 2 heterocycles. The van der Waals surface area contributed by atoms with Crippen LogP contribution in [0.25, 0.3) is 11.0 Å². The zero-order valence-corrected chi connectivity index (χ0v) is 14.0. The van der Waals surface area contributed by atoms with E-state index in [2.05, 4.69) is 23.8 Å². The number of pyridine rings is 1. The van der Waals surface area contributed by atoms with Crippen molar-refractivity contribution in [2.45, 2.75) is 4.90 Å². The van der Waals surface area contributed by atoms with E-state index in [0.29, 0.717) is 16.6 Å². The van der Waals surface area contributed by atoms with Gasteiger partial charge in [0.05, 0.1) is 17.3 Å². The number of carbonyl (C=O) groups is 1. The molecule has 2 aromatic heterocycles. The third kappa shape index (κ3) is 3.55. The van der Waals surface area contributed by atoms with E-state index in [1.165, 1.54) is 12.3 Å². The highest BCUT2D eigenvalue weighted by Crippen LogP contribution is 2.20. The Morgan fingerprint density at radius 3 is 2.79 bits per heavy atom. The first-order valence-corrected chi connectivity index (χ1v) is 9.18. The van der Waals surface area contributed by atoms with Crippen molar-refractivity contribution < 1.29 is 13.2 Å².